The second kappa shape index (κ2) is 15.1. The number of halogens is 6. The Morgan fingerprint density at radius 3 is 1.95 bits per heavy atom. The second-order valence-electron chi connectivity index (χ2n) is 7.89. The highest BCUT2D eigenvalue weighted by Gasteiger charge is 2.43. The van der Waals surface area contributed by atoms with Crippen LogP contribution < -0.4 is 21.2 Å². The molecule has 0 radical (unpaired) electrons. The second-order valence-corrected chi connectivity index (χ2v) is 7.89. The van der Waals surface area contributed by atoms with Crippen molar-refractivity contribution >= 4 is 23.8 Å². The predicted octanol–water partition coefficient (Wildman–Crippen LogP) is -0.0525. The summed E-state index contributed by atoms with van der Waals surface area (Å²) in [6, 6.07) is 3.95. The van der Waals surface area contributed by atoms with Crippen molar-refractivity contribution in [2.24, 2.45) is 5.92 Å². The monoisotopic (exact) mass is 547 g/mol. The molecular formula is C21H27F6N3O7. The van der Waals surface area contributed by atoms with E-state index in [1.165, 1.54) is 0 Å². The van der Waals surface area contributed by atoms with Crippen molar-refractivity contribution in [3.05, 3.63) is 35.9 Å². The van der Waals surface area contributed by atoms with Gasteiger partial charge in [0.2, 0.25) is 5.91 Å². The van der Waals surface area contributed by atoms with Gasteiger partial charge in [0.1, 0.15) is 30.7 Å². The van der Waals surface area contributed by atoms with Crippen molar-refractivity contribution in [1.82, 2.24) is 10.6 Å². The largest absolute Gasteiger partial charge is 0.542 e. The molecule has 0 aromatic heterocycles. The number of aliphatic carboxylic acids is 1. The first-order chi connectivity index (χ1) is 16.9. The Morgan fingerprint density at radius 2 is 1.54 bits per heavy atom. The third-order valence-corrected chi connectivity index (χ3v) is 4.48. The zero-order valence-electron chi connectivity index (χ0n) is 19.9. The van der Waals surface area contributed by atoms with Crippen LogP contribution in [0.3, 0.4) is 0 Å². The molecule has 2 amide bonds. The number of ether oxygens (including phenoxy) is 1. The highest BCUT2D eigenvalue weighted by molar-refractivity contribution is 5.85. The van der Waals surface area contributed by atoms with E-state index in [0.29, 0.717) is 0 Å². The minimum absolute atomic E-state index is 0.0389. The lowest BCUT2D eigenvalue weighted by Crippen LogP contribution is -2.88. The van der Waals surface area contributed by atoms with E-state index in [9.17, 15) is 40.7 Å². The molecule has 1 aromatic carbocycles. The number of esters is 1. The minimum Gasteiger partial charge on any atom is -0.542 e. The number of rotatable bonds is 10. The number of quaternary nitrogens is 1. The number of hydrogen-bond donors (Lipinski definition) is 4. The summed E-state index contributed by atoms with van der Waals surface area (Å²) in [4.78, 5) is 44.6. The van der Waals surface area contributed by atoms with Gasteiger partial charge in [-0.2, -0.15) is 26.3 Å². The maximum atomic E-state index is 13.3. The number of primary amides is 1. The van der Waals surface area contributed by atoms with Crippen molar-refractivity contribution in [3.8, 4) is 0 Å². The summed E-state index contributed by atoms with van der Waals surface area (Å²) in [7, 11) is 0. The van der Waals surface area contributed by atoms with E-state index >= 15 is 0 Å². The summed E-state index contributed by atoms with van der Waals surface area (Å²) in [5.41, 5.74) is 0.878. The number of carbonyl (C=O) groups excluding carboxylic acids is 4. The fourth-order valence-corrected chi connectivity index (χ4v) is 2.50. The lowest BCUT2D eigenvalue weighted by atomic mass is 10.0. The summed E-state index contributed by atoms with van der Waals surface area (Å²) >= 11 is 0. The van der Waals surface area contributed by atoms with Crippen LogP contribution in [0.4, 0.5) is 26.3 Å². The third kappa shape index (κ3) is 13.6. The van der Waals surface area contributed by atoms with E-state index in [1.807, 2.05) is 5.32 Å². The molecule has 3 atom stereocenters. The Kier molecular flexibility index (Phi) is 13.8. The normalized spacial score (nSPS) is 14.0. The molecule has 1 aromatic rings. The number of benzene rings is 1. The van der Waals surface area contributed by atoms with Gasteiger partial charge >= 0.3 is 24.2 Å². The van der Waals surface area contributed by atoms with Gasteiger partial charge in [-0.15, -0.1) is 5.48 Å². The van der Waals surface area contributed by atoms with Crippen LogP contribution in [0.1, 0.15) is 32.8 Å². The van der Waals surface area contributed by atoms with Crippen molar-refractivity contribution in [2.45, 2.75) is 64.3 Å². The molecule has 0 bridgehead atoms. The van der Waals surface area contributed by atoms with E-state index in [2.05, 4.69) is 5.32 Å². The molecule has 16 heteroatoms. The van der Waals surface area contributed by atoms with Crippen molar-refractivity contribution < 1.29 is 66.1 Å². The van der Waals surface area contributed by atoms with Crippen LogP contribution in [0.2, 0.25) is 0 Å². The molecule has 5 N–H and O–H groups in total. The summed E-state index contributed by atoms with van der Waals surface area (Å²) in [6.07, 6.45) is -11.1. The Hall–Kier alpha value is -3.24. The van der Waals surface area contributed by atoms with Gasteiger partial charge < -0.3 is 20.0 Å². The zero-order chi connectivity index (χ0) is 29.0. The van der Waals surface area contributed by atoms with Gasteiger partial charge in [-0.3, -0.25) is 10.1 Å². The average Bonchev–Trinajstić information content (AvgIpc) is 2.79. The topological polar surface area (TPSA) is 161 Å². The number of carboxylic acids is 1. The van der Waals surface area contributed by atoms with Crippen molar-refractivity contribution in [1.29, 1.82) is 0 Å². The molecule has 0 aliphatic carbocycles. The number of nitrogens with one attached hydrogen (secondary N) is 2. The molecule has 210 valence electrons. The van der Waals surface area contributed by atoms with Gasteiger partial charge in [0.25, 0.3) is 0 Å². The van der Waals surface area contributed by atoms with Gasteiger partial charge in [0.15, 0.2) is 0 Å². The first kappa shape index (κ1) is 33.8. The number of hydrogen-bond acceptors (Lipinski definition) is 8. The van der Waals surface area contributed by atoms with E-state index in [1.54, 1.807) is 44.2 Å². The van der Waals surface area contributed by atoms with Crippen LogP contribution in [0, 0.1) is 5.92 Å². The molecule has 0 spiro atoms. The highest BCUT2D eigenvalue weighted by Crippen LogP contribution is 2.23. The number of amides is 2. The maximum Gasteiger partial charge on any atom is 0.430 e. The number of alkyl halides is 6. The van der Waals surface area contributed by atoms with E-state index in [0.717, 1.165) is 12.5 Å². The fraction of sp³-hybridized carbons (Fsp3) is 0.524. The molecule has 0 saturated carbocycles. The maximum absolute atomic E-state index is 13.3. The van der Waals surface area contributed by atoms with E-state index < -0.39 is 66.6 Å². The number of nitrogens with two attached hydrogens (primary N) is 1. The lowest BCUT2D eigenvalue weighted by Gasteiger charge is -2.25. The van der Waals surface area contributed by atoms with Gasteiger partial charge in [0, 0.05) is 0 Å². The van der Waals surface area contributed by atoms with E-state index in [4.69, 9.17) is 19.8 Å². The summed E-state index contributed by atoms with van der Waals surface area (Å²) in [5.74, 6) is -6.20. The van der Waals surface area contributed by atoms with Crippen LogP contribution in [0.5, 0.6) is 0 Å². The molecule has 1 rings (SSSR count). The molecule has 1 unspecified atom stereocenters. The summed E-state index contributed by atoms with van der Waals surface area (Å²) < 4.78 is 76.5. The Morgan fingerprint density at radius 1 is 1.03 bits per heavy atom. The molecule has 0 fully saturated rings. The molecule has 0 aliphatic heterocycles. The van der Waals surface area contributed by atoms with Crippen LogP contribution in [-0.4, -0.2) is 59.4 Å². The zero-order valence-corrected chi connectivity index (χ0v) is 19.9. The standard InChI is InChI=1S/C19H26F3N3O5.C2HF3O2/c1-11(2)16(18(28)30-10-13-7-5-4-6-8-13)24-15(26)9-14(19(20,21)22)23-12(3)17(27)25-29;3-2(4,5)1(6)7/h4-8,11-12,14,16,23,29H,9-10H2,1-3H3,(H,24,26)(H,25,27);(H,6,7)/t12-,14?,16-;/m0./s1. The van der Waals surface area contributed by atoms with E-state index in [-0.39, 0.29) is 12.1 Å². The van der Waals surface area contributed by atoms with Crippen molar-refractivity contribution in [2.75, 3.05) is 0 Å². The van der Waals surface area contributed by atoms with Crippen LogP contribution >= 0.6 is 0 Å². The van der Waals surface area contributed by atoms with Crippen LogP contribution in [-0.2, 0) is 30.5 Å². The first-order valence-corrected chi connectivity index (χ1v) is 10.5. The SMILES string of the molecule is CC(C)[C@H](NC(=O)CC(N[C@@H](C)C(=O)[NH2+]O)C(F)(F)F)C(=O)OCc1ccccc1.O=C([O-])C(F)(F)F. The minimum atomic E-state index is -5.19. The van der Waals surface area contributed by atoms with Crippen LogP contribution in [0.25, 0.3) is 0 Å². The molecule has 37 heavy (non-hydrogen) atoms. The molecule has 0 heterocycles. The van der Waals surface area contributed by atoms with Gasteiger partial charge in [-0.1, -0.05) is 44.2 Å². The Bertz CT molecular complexity index is 895. The average molecular weight is 547 g/mol. The van der Waals surface area contributed by atoms with Gasteiger partial charge in [0.05, 0.1) is 6.42 Å². The number of carboxylic acid groups (broad SMARTS) is 1. The summed E-state index contributed by atoms with van der Waals surface area (Å²) in [5, 5.41) is 21.7. The number of hydroxylamine groups is 1. The van der Waals surface area contributed by atoms with Crippen LogP contribution in [0.15, 0.2) is 30.3 Å². The predicted molar refractivity (Wildman–Crippen MR) is 110 cm³/mol. The molecule has 0 saturated heterocycles. The summed E-state index contributed by atoms with van der Waals surface area (Å²) in [6.45, 7) is 4.32. The highest BCUT2D eigenvalue weighted by atomic mass is 19.4. The van der Waals surface area contributed by atoms with Gasteiger partial charge in [-0.25, -0.2) is 14.8 Å². The Labute approximate surface area is 207 Å². The smallest absolute Gasteiger partial charge is 0.430 e. The van der Waals surface area contributed by atoms with Gasteiger partial charge in [-0.05, 0) is 18.4 Å². The quantitative estimate of drug-likeness (QED) is 0.137. The number of carbonyl (C=O) groups is 4. The molecular weight excluding hydrogens is 520 g/mol. The first-order valence-electron chi connectivity index (χ1n) is 10.5. The molecule has 10 nitrogen and oxygen atoms in total. The van der Waals surface area contributed by atoms with Crippen molar-refractivity contribution in [3.63, 3.8) is 0 Å². The fourth-order valence-electron chi connectivity index (χ4n) is 2.50. The third-order valence-electron chi connectivity index (χ3n) is 4.48. The molecule has 0 aliphatic rings. The lowest BCUT2D eigenvalue weighted by molar-refractivity contribution is -0.815. The Balaban J connectivity index is 0.00000161.